The number of carbonyl (C=O) groups excluding carboxylic acids is 1. The van der Waals surface area contributed by atoms with Crippen molar-refractivity contribution in [1.82, 2.24) is 19.6 Å². The molecule has 0 saturated carbocycles. The molecular weight excluding hydrogens is 301 g/mol. The predicted octanol–water partition coefficient (Wildman–Crippen LogP) is 1.40. The van der Waals surface area contributed by atoms with E-state index in [0.29, 0.717) is 11.3 Å². The van der Waals surface area contributed by atoms with Gasteiger partial charge in [-0.15, -0.1) is 0 Å². The molecule has 1 unspecified atom stereocenters. The summed E-state index contributed by atoms with van der Waals surface area (Å²) < 4.78 is 38.4. The minimum atomic E-state index is -4.75. The van der Waals surface area contributed by atoms with Gasteiger partial charge in [-0.3, -0.25) is 0 Å². The van der Waals surface area contributed by atoms with Crippen molar-refractivity contribution >= 4 is 11.7 Å². The molecule has 0 spiro atoms. The molecule has 2 heterocycles. The van der Waals surface area contributed by atoms with Crippen LogP contribution in [0.2, 0.25) is 0 Å². The summed E-state index contributed by atoms with van der Waals surface area (Å²) in [5.41, 5.74) is 1.27. The number of nitrogens with one attached hydrogen (secondary N) is 1. The van der Waals surface area contributed by atoms with Crippen molar-refractivity contribution in [1.29, 1.82) is 0 Å². The smallest absolute Gasteiger partial charge is 0.382 e. The molecule has 2 rings (SSSR count). The lowest BCUT2D eigenvalue weighted by Crippen LogP contribution is -2.45. The molecule has 0 aliphatic carbocycles. The summed E-state index contributed by atoms with van der Waals surface area (Å²) in [6, 6.07) is 4.71. The summed E-state index contributed by atoms with van der Waals surface area (Å²) in [4.78, 5) is 16.7. The van der Waals surface area contributed by atoms with Crippen LogP contribution in [0.25, 0.3) is 5.65 Å². The van der Waals surface area contributed by atoms with Crippen LogP contribution >= 0.6 is 0 Å². The molecule has 9 heteroatoms. The third kappa shape index (κ3) is 3.88. The van der Waals surface area contributed by atoms with Crippen molar-refractivity contribution in [2.24, 2.45) is 0 Å². The number of halogens is 3. The van der Waals surface area contributed by atoms with Crippen LogP contribution in [0.15, 0.2) is 30.6 Å². The SMILES string of the molecule is CN(CC(O)C(F)(F)F)C(=O)NCc1cn2ccccc2n1. The molecule has 0 bridgehead atoms. The molecule has 0 aliphatic heterocycles. The van der Waals surface area contributed by atoms with E-state index in [0.717, 1.165) is 4.90 Å². The zero-order valence-electron chi connectivity index (χ0n) is 11.7. The molecule has 0 saturated heterocycles. The van der Waals surface area contributed by atoms with Gasteiger partial charge in [-0.05, 0) is 12.1 Å². The summed E-state index contributed by atoms with van der Waals surface area (Å²) >= 11 is 0. The number of imidazole rings is 1. The van der Waals surface area contributed by atoms with Crippen molar-refractivity contribution in [2.45, 2.75) is 18.8 Å². The van der Waals surface area contributed by atoms with Gasteiger partial charge in [0.1, 0.15) is 5.65 Å². The molecule has 0 aromatic carbocycles. The Hall–Kier alpha value is -2.29. The lowest BCUT2D eigenvalue weighted by atomic mass is 10.3. The van der Waals surface area contributed by atoms with Gasteiger partial charge in [-0.2, -0.15) is 13.2 Å². The molecular formula is C13H15F3N4O2. The van der Waals surface area contributed by atoms with Crippen LogP contribution in [0.4, 0.5) is 18.0 Å². The fourth-order valence-corrected chi connectivity index (χ4v) is 1.82. The molecule has 1 atom stereocenters. The maximum absolute atomic E-state index is 12.2. The maximum atomic E-state index is 12.2. The minimum absolute atomic E-state index is 0.0764. The van der Waals surface area contributed by atoms with Gasteiger partial charge in [-0.25, -0.2) is 9.78 Å². The second-order valence-electron chi connectivity index (χ2n) is 4.79. The Morgan fingerprint density at radius 2 is 2.23 bits per heavy atom. The quantitative estimate of drug-likeness (QED) is 0.896. The fourth-order valence-electron chi connectivity index (χ4n) is 1.82. The highest BCUT2D eigenvalue weighted by atomic mass is 19.4. The van der Waals surface area contributed by atoms with Crippen molar-refractivity contribution in [2.75, 3.05) is 13.6 Å². The summed E-state index contributed by atoms with van der Waals surface area (Å²) in [6.45, 7) is -0.756. The second-order valence-corrected chi connectivity index (χ2v) is 4.79. The first kappa shape index (κ1) is 16.1. The average molecular weight is 316 g/mol. The maximum Gasteiger partial charge on any atom is 0.416 e. The Morgan fingerprint density at radius 1 is 1.50 bits per heavy atom. The van der Waals surface area contributed by atoms with Gasteiger partial charge in [0.25, 0.3) is 0 Å². The first-order valence-electron chi connectivity index (χ1n) is 6.43. The Morgan fingerprint density at radius 3 is 2.86 bits per heavy atom. The van der Waals surface area contributed by atoms with Crippen LogP contribution in [0.3, 0.4) is 0 Å². The monoisotopic (exact) mass is 316 g/mol. The Kier molecular flexibility index (Phi) is 4.55. The van der Waals surface area contributed by atoms with Gasteiger partial charge in [0.05, 0.1) is 18.8 Å². The highest BCUT2D eigenvalue weighted by Gasteiger charge is 2.39. The first-order chi connectivity index (χ1) is 10.3. The normalized spacial score (nSPS) is 13.1. The number of likely N-dealkylation sites (N-methyl/N-ethyl adjacent to an activating group) is 1. The molecule has 2 N–H and O–H groups in total. The van der Waals surface area contributed by atoms with Gasteiger partial charge in [0.2, 0.25) is 0 Å². The van der Waals surface area contributed by atoms with E-state index in [-0.39, 0.29) is 6.54 Å². The molecule has 0 radical (unpaired) electrons. The number of fused-ring (bicyclic) bond motifs is 1. The average Bonchev–Trinajstić information content (AvgIpc) is 2.86. The van der Waals surface area contributed by atoms with Crippen LogP contribution in [0.1, 0.15) is 5.69 Å². The lowest BCUT2D eigenvalue weighted by molar-refractivity contribution is -0.205. The molecule has 2 aromatic heterocycles. The summed E-state index contributed by atoms with van der Waals surface area (Å²) in [6.07, 6.45) is -3.83. The number of hydrogen-bond acceptors (Lipinski definition) is 3. The number of amides is 2. The van der Waals surface area contributed by atoms with Crippen molar-refractivity contribution in [3.8, 4) is 0 Å². The van der Waals surface area contributed by atoms with Crippen LogP contribution in [-0.4, -0.2) is 51.3 Å². The number of carbonyl (C=O) groups is 1. The first-order valence-corrected chi connectivity index (χ1v) is 6.43. The lowest BCUT2D eigenvalue weighted by Gasteiger charge is -2.22. The van der Waals surface area contributed by atoms with E-state index in [4.69, 9.17) is 5.11 Å². The number of nitrogens with zero attached hydrogens (tertiary/aromatic N) is 3. The highest BCUT2D eigenvalue weighted by Crippen LogP contribution is 2.20. The topological polar surface area (TPSA) is 69.9 Å². The van der Waals surface area contributed by atoms with E-state index in [2.05, 4.69) is 10.3 Å². The zero-order chi connectivity index (χ0) is 16.3. The van der Waals surface area contributed by atoms with Gasteiger partial charge in [0.15, 0.2) is 6.10 Å². The number of aliphatic hydroxyl groups is 1. The number of urea groups is 1. The zero-order valence-corrected chi connectivity index (χ0v) is 11.7. The highest BCUT2D eigenvalue weighted by molar-refractivity contribution is 5.73. The Balaban J connectivity index is 1.89. The molecule has 22 heavy (non-hydrogen) atoms. The van der Waals surface area contributed by atoms with Crippen LogP contribution in [0.5, 0.6) is 0 Å². The fraction of sp³-hybridized carbons (Fsp3) is 0.385. The molecule has 0 fully saturated rings. The second kappa shape index (κ2) is 6.22. The van der Waals surface area contributed by atoms with Crippen LogP contribution in [-0.2, 0) is 6.54 Å². The van der Waals surface area contributed by atoms with E-state index in [1.807, 2.05) is 12.1 Å². The van der Waals surface area contributed by atoms with E-state index in [1.54, 1.807) is 22.9 Å². The Bertz CT molecular complexity index is 623. The van der Waals surface area contributed by atoms with E-state index < -0.39 is 24.9 Å². The molecule has 120 valence electrons. The van der Waals surface area contributed by atoms with Crippen molar-refractivity contribution in [3.63, 3.8) is 0 Å². The summed E-state index contributed by atoms with van der Waals surface area (Å²) in [7, 11) is 1.17. The predicted molar refractivity (Wildman–Crippen MR) is 72.1 cm³/mol. The van der Waals surface area contributed by atoms with Crippen molar-refractivity contribution < 1.29 is 23.1 Å². The largest absolute Gasteiger partial charge is 0.416 e. The van der Waals surface area contributed by atoms with Gasteiger partial charge in [0, 0.05) is 19.4 Å². The number of aromatic nitrogens is 2. The third-order valence-electron chi connectivity index (χ3n) is 3.01. The van der Waals surface area contributed by atoms with Crippen LogP contribution < -0.4 is 5.32 Å². The van der Waals surface area contributed by atoms with Crippen LogP contribution in [0, 0.1) is 0 Å². The van der Waals surface area contributed by atoms with E-state index in [9.17, 15) is 18.0 Å². The molecule has 6 nitrogen and oxygen atoms in total. The molecule has 0 aliphatic rings. The molecule has 2 amide bonds. The van der Waals surface area contributed by atoms with E-state index in [1.165, 1.54) is 7.05 Å². The Labute approximate surface area is 124 Å². The number of alkyl halides is 3. The molecule has 2 aromatic rings. The summed E-state index contributed by atoms with van der Waals surface area (Å²) in [5, 5.41) is 11.4. The van der Waals surface area contributed by atoms with Crippen molar-refractivity contribution in [3.05, 3.63) is 36.3 Å². The number of hydrogen-bond donors (Lipinski definition) is 2. The van der Waals surface area contributed by atoms with Gasteiger partial charge < -0.3 is 19.7 Å². The third-order valence-corrected chi connectivity index (χ3v) is 3.01. The number of aliphatic hydroxyl groups excluding tert-OH is 1. The van der Waals surface area contributed by atoms with Gasteiger partial charge >= 0.3 is 12.2 Å². The number of rotatable bonds is 4. The standard InChI is InChI=1S/C13H15F3N4O2/c1-19(8-10(21)13(14,15)16)12(22)17-6-9-7-20-5-3-2-4-11(20)18-9/h2-5,7,10,21H,6,8H2,1H3,(H,17,22). The summed E-state index contributed by atoms with van der Waals surface area (Å²) in [5.74, 6) is 0. The minimum Gasteiger partial charge on any atom is -0.382 e. The van der Waals surface area contributed by atoms with Gasteiger partial charge in [-0.1, -0.05) is 6.07 Å². The number of pyridine rings is 1. The van der Waals surface area contributed by atoms with E-state index >= 15 is 0 Å².